The molecule has 0 aromatic rings. The number of nitrogens with two attached hydrogens (primary N) is 3. The first-order valence-electron chi connectivity index (χ1n) is 9.91. The molecular formula is C17H34N10O4S. The van der Waals surface area contributed by atoms with E-state index in [1.165, 1.54) is 6.92 Å². The predicted molar refractivity (Wildman–Crippen MR) is 123 cm³/mol. The molecule has 0 bridgehead atoms. The van der Waals surface area contributed by atoms with Gasteiger partial charge in [-0.3, -0.25) is 30.0 Å². The lowest BCUT2D eigenvalue weighted by Gasteiger charge is -2.24. The highest BCUT2D eigenvalue weighted by molar-refractivity contribution is 7.80. The van der Waals surface area contributed by atoms with Crippen molar-refractivity contribution in [1.29, 1.82) is 10.8 Å². The Kier molecular flexibility index (Phi) is 14.0. The summed E-state index contributed by atoms with van der Waals surface area (Å²) in [5.41, 5.74) is 15.7. The van der Waals surface area contributed by atoms with Crippen molar-refractivity contribution >= 4 is 48.2 Å². The number of hydrogen-bond acceptors (Lipinski definition) is 7. The molecule has 14 nitrogen and oxygen atoms in total. The van der Waals surface area contributed by atoms with Crippen LogP contribution >= 0.6 is 12.6 Å². The fourth-order valence-electron chi connectivity index (χ4n) is 2.59. The molecule has 0 aromatic heterocycles. The summed E-state index contributed by atoms with van der Waals surface area (Å²) < 4.78 is 0. The molecule has 13 N–H and O–H groups in total. The van der Waals surface area contributed by atoms with Crippen LogP contribution < -0.4 is 43.8 Å². The lowest BCUT2D eigenvalue weighted by molar-refractivity contribution is -0.133. The van der Waals surface area contributed by atoms with Crippen LogP contribution in [0, 0.1) is 10.8 Å². The molecule has 0 aliphatic carbocycles. The zero-order valence-corrected chi connectivity index (χ0v) is 18.9. The second-order valence-electron chi connectivity index (χ2n) is 6.93. The van der Waals surface area contributed by atoms with Crippen molar-refractivity contribution in [2.24, 2.45) is 17.2 Å². The monoisotopic (exact) mass is 474 g/mol. The van der Waals surface area contributed by atoms with Gasteiger partial charge in [-0.15, -0.1) is 0 Å². The molecule has 0 radical (unpaired) electrons. The van der Waals surface area contributed by atoms with Gasteiger partial charge < -0.3 is 43.8 Å². The van der Waals surface area contributed by atoms with Crippen LogP contribution in [0.4, 0.5) is 0 Å². The van der Waals surface area contributed by atoms with E-state index in [0.29, 0.717) is 19.4 Å². The topological polar surface area (TPSA) is 254 Å². The highest BCUT2D eigenvalue weighted by atomic mass is 32.1. The van der Waals surface area contributed by atoms with Gasteiger partial charge in [-0.25, -0.2) is 0 Å². The Morgan fingerprint density at radius 1 is 0.781 bits per heavy atom. The Bertz CT molecular complexity index is 690. The zero-order chi connectivity index (χ0) is 24.7. The highest BCUT2D eigenvalue weighted by Crippen LogP contribution is 2.03. The lowest BCUT2D eigenvalue weighted by Crippen LogP contribution is -2.56. The van der Waals surface area contributed by atoms with Gasteiger partial charge in [0.1, 0.15) is 18.1 Å². The van der Waals surface area contributed by atoms with E-state index < -0.39 is 41.8 Å². The third-order valence-corrected chi connectivity index (χ3v) is 4.50. The maximum Gasteiger partial charge on any atom is 0.243 e. The Morgan fingerprint density at radius 3 is 1.53 bits per heavy atom. The minimum Gasteiger partial charge on any atom is -0.370 e. The zero-order valence-electron chi connectivity index (χ0n) is 18.0. The minimum absolute atomic E-state index is 0.0225. The summed E-state index contributed by atoms with van der Waals surface area (Å²) in [6.07, 6.45) is 1.18. The summed E-state index contributed by atoms with van der Waals surface area (Å²) >= 11 is 3.98. The van der Waals surface area contributed by atoms with Gasteiger partial charge >= 0.3 is 0 Å². The van der Waals surface area contributed by atoms with Crippen LogP contribution in [0.5, 0.6) is 0 Å². The van der Waals surface area contributed by atoms with E-state index in [4.69, 9.17) is 28.0 Å². The smallest absolute Gasteiger partial charge is 0.243 e. The summed E-state index contributed by atoms with van der Waals surface area (Å²) in [5, 5.41) is 27.0. The fraction of sp³-hybridized carbons (Fsp3) is 0.647. The van der Waals surface area contributed by atoms with E-state index in [0.717, 1.165) is 0 Å². The number of nitrogens with one attached hydrogen (secondary N) is 7. The van der Waals surface area contributed by atoms with Crippen LogP contribution in [0.3, 0.4) is 0 Å². The van der Waals surface area contributed by atoms with Crippen molar-refractivity contribution in [2.45, 2.75) is 50.7 Å². The molecule has 0 unspecified atom stereocenters. The standard InChI is InChI=1S/C17H34N10O4S/c1-9(28)25-10(4-2-6-23-16(19)20)14(30)26-11(5-3-7-24-17(21)22)15(31)27-12(8-32)13(18)29/h10-12,32H,2-8H2,1H3,(H2,18,29)(H,25,28)(H,26,30)(H,27,31)(H4,19,20,23)(H4,21,22,24)/t10-,11-,12-/m1/s1. The predicted octanol–water partition coefficient (Wildman–Crippen LogP) is -3.60. The van der Waals surface area contributed by atoms with Crippen LogP contribution in [-0.2, 0) is 19.2 Å². The molecule has 0 fully saturated rings. The average Bonchev–Trinajstić information content (AvgIpc) is 2.69. The third kappa shape index (κ3) is 13.1. The molecule has 0 saturated heterocycles. The molecule has 0 heterocycles. The summed E-state index contributed by atoms with van der Waals surface area (Å²) in [6.45, 7) is 1.87. The SMILES string of the molecule is CC(=O)N[C@H](CCCNC(=N)N)C(=O)N[C@H](CCCNC(=N)N)C(=O)N[C@H](CS)C(N)=O. The third-order valence-electron chi connectivity index (χ3n) is 4.14. The first-order chi connectivity index (χ1) is 15.0. The lowest BCUT2D eigenvalue weighted by atomic mass is 10.1. The van der Waals surface area contributed by atoms with E-state index >= 15 is 0 Å². The van der Waals surface area contributed by atoms with E-state index in [-0.39, 0.29) is 37.1 Å². The molecule has 0 aromatic carbocycles. The van der Waals surface area contributed by atoms with Gasteiger partial charge in [0.05, 0.1) is 0 Å². The van der Waals surface area contributed by atoms with Crippen molar-refractivity contribution in [1.82, 2.24) is 26.6 Å². The van der Waals surface area contributed by atoms with E-state index in [1.807, 2.05) is 0 Å². The average molecular weight is 475 g/mol. The van der Waals surface area contributed by atoms with Crippen LogP contribution in [0.2, 0.25) is 0 Å². The molecule has 182 valence electrons. The molecule has 15 heteroatoms. The molecule has 0 spiro atoms. The molecule has 0 saturated carbocycles. The van der Waals surface area contributed by atoms with Gasteiger partial charge in [0, 0.05) is 25.8 Å². The van der Waals surface area contributed by atoms with Crippen molar-refractivity contribution in [3.05, 3.63) is 0 Å². The summed E-state index contributed by atoms with van der Waals surface area (Å²) in [5.74, 6) is -2.90. The summed E-state index contributed by atoms with van der Waals surface area (Å²) in [7, 11) is 0. The number of amides is 4. The van der Waals surface area contributed by atoms with Crippen LogP contribution in [-0.4, -0.2) is 72.5 Å². The Hall–Kier alpha value is -3.23. The van der Waals surface area contributed by atoms with E-state index in [2.05, 4.69) is 39.2 Å². The number of rotatable bonds is 15. The van der Waals surface area contributed by atoms with Gasteiger partial charge in [0.15, 0.2) is 11.9 Å². The van der Waals surface area contributed by atoms with Crippen molar-refractivity contribution < 1.29 is 19.2 Å². The number of primary amides is 1. The quantitative estimate of drug-likeness (QED) is 0.0488. The number of carbonyl (C=O) groups excluding carboxylic acids is 4. The van der Waals surface area contributed by atoms with Crippen molar-refractivity contribution in [3.63, 3.8) is 0 Å². The van der Waals surface area contributed by atoms with Crippen LogP contribution in [0.25, 0.3) is 0 Å². The van der Waals surface area contributed by atoms with Crippen molar-refractivity contribution in [3.8, 4) is 0 Å². The Balaban J connectivity index is 5.23. The normalized spacial score (nSPS) is 13.1. The van der Waals surface area contributed by atoms with Gasteiger partial charge in [0.2, 0.25) is 23.6 Å². The van der Waals surface area contributed by atoms with Gasteiger partial charge in [-0.05, 0) is 25.7 Å². The second kappa shape index (κ2) is 15.6. The van der Waals surface area contributed by atoms with E-state index in [9.17, 15) is 19.2 Å². The maximum atomic E-state index is 12.8. The first kappa shape index (κ1) is 28.8. The number of guanidine groups is 2. The maximum absolute atomic E-state index is 12.8. The summed E-state index contributed by atoms with van der Waals surface area (Å²) in [4.78, 5) is 48.4. The van der Waals surface area contributed by atoms with Gasteiger partial charge in [0.25, 0.3) is 0 Å². The number of thiol groups is 1. The molecule has 0 rings (SSSR count). The minimum atomic E-state index is -1.04. The number of carbonyl (C=O) groups is 4. The van der Waals surface area contributed by atoms with E-state index in [1.54, 1.807) is 0 Å². The molecule has 32 heavy (non-hydrogen) atoms. The largest absolute Gasteiger partial charge is 0.370 e. The Labute approximate surface area is 192 Å². The Morgan fingerprint density at radius 2 is 1.19 bits per heavy atom. The molecule has 3 atom stereocenters. The van der Waals surface area contributed by atoms with Gasteiger partial charge in [-0.2, -0.15) is 12.6 Å². The first-order valence-corrected chi connectivity index (χ1v) is 10.5. The fourth-order valence-corrected chi connectivity index (χ4v) is 2.86. The molecular weight excluding hydrogens is 440 g/mol. The highest BCUT2D eigenvalue weighted by Gasteiger charge is 2.28. The molecule has 0 aliphatic rings. The summed E-state index contributed by atoms with van der Waals surface area (Å²) in [6, 6.07) is -2.99. The van der Waals surface area contributed by atoms with Crippen LogP contribution in [0.1, 0.15) is 32.6 Å². The molecule has 4 amide bonds. The number of hydrogen-bond donors (Lipinski definition) is 11. The second-order valence-corrected chi connectivity index (χ2v) is 7.29. The van der Waals surface area contributed by atoms with Crippen LogP contribution in [0.15, 0.2) is 0 Å². The van der Waals surface area contributed by atoms with Crippen molar-refractivity contribution in [2.75, 3.05) is 18.8 Å². The van der Waals surface area contributed by atoms with Gasteiger partial charge in [-0.1, -0.05) is 0 Å². The molecule has 0 aliphatic heterocycles.